The molecule has 1 saturated heterocycles. The number of nitro groups is 1. The SMILES string of the molecule is O=[N+]([O-])c1cc(Cl)ccc1OC1CCNC1. The van der Waals surface area contributed by atoms with E-state index in [2.05, 4.69) is 5.32 Å². The number of hydrogen-bond acceptors (Lipinski definition) is 4. The lowest BCUT2D eigenvalue weighted by Gasteiger charge is -2.12. The maximum atomic E-state index is 10.8. The Morgan fingerprint density at radius 1 is 1.56 bits per heavy atom. The summed E-state index contributed by atoms with van der Waals surface area (Å²) in [4.78, 5) is 10.3. The van der Waals surface area contributed by atoms with Crippen LogP contribution in [-0.2, 0) is 0 Å². The van der Waals surface area contributed by atoms with Gasteiger partial charge >= 0.3 is 5.69 Å². The summed E-state index contributed by atoms with van der Waals surface area (Å²) in [6.07, 6.45) is 0.861. The smallest absolute Gasteiger partial charge is 0.312 e. The molecule has 1 unspecified atom stereocenters. The van der Waals surface area contributed by atoms with Crippen molar-refractivity contribution in [3.05, 3.63) is 33.3 Å². The average molecular weight is 243 g/mol. The van der Waals surface area contributed by atoms with Gasteiger partial charge in [0.25, 0.3) is 0 Å². The first-order valence-corrected chi connectivity index (χ1v) is 5.36. The summed E-state index contributed by atoms with van der Waals surface area (Å²) in [5.74, 6) is 0.281. The number of benzene rings is 1. The largest absolute Gasteiger partial charge is 0.482 e. The molecule has 0 radical (unpaired) electrons. The minimum Gasteiger partial charge on any atom is -0.482 e. The van der Waals surface area contributed by atoms with E-state index in [1.807, 2.05) is 0 Å². The highest BCUT2D eigenvalue weighted by Gasteiger charge is 2.21. The van der Waals surface area contributed by atoms with Crippen LogP contribution in [0.3, 0.4) is 0 Å². The van der Waals surface area contributed by atoms with Crippen LogP contribution in [0.1, 0.15) is 6.42 Å². The van der Waals surface area contributed by atoms with Gasteiger partial charge in [0.2, 0.25) is 0 Å². The molecule has 2 rings (SSSR count). The average Bonchev–Trinajstić information content (AvgIpc) is 2.73. The van der Waals surface area contributed by atoms with E-state index in [9.17, 15) is 10.1 Å². The summed E-state index contributed by atoms with van der Waals surface area (Å²) in [5, 5.41) is 14.3. The molecule has 1 fully saturated rings. The minimum atomic E-state index is -0.483. The molecule has 6 heteroatoms. The van der Waals surface area contributed by atoms with Crippen molar-refractivity contribution >= 4 is 17.3 Å². The van der Waals surface area contributed by atoms with E-state index >= 15 is 0 Å². The second kappa shape index (κ2) is 4.67. The van der Waals surface area contributed by atoms with Crippen molar-refractivity contribution in [3.63, 3.8) is 0 Å². The molecule has 0 bridgehead atoms. The molecule has 16 heavy (non-hydrogen) atoms. The Balaban J connectivity index is 2.21. The van der Waals surface area contributed by atoms with Gasteiger partial charge in [-0.25, -0.2) is 0 Å². The lowest BCUT2D eigenvalue weighted by atomic mass is 10.2. The van der Waals surface area contributed by atoms with Crippen LogP contribution >= 0.6 is 11.6 Å². The molecule has 86 valence electrons. The van der Waals surface area contributed by atoms with Crippen LogP contribution in [0.15, 0.2) is 18.2 Å². The van der Waals surface area contributed by atoms with Gasteiger partial charge in [-0.05, 0) is 25.1 Å². The first-order chi connectivity index (χ1) is 7.66. The Kier molecular flexibility index (Phi) is 3.26. The summed E-state index contributed by atoms with van der Waals surface area (Å²) in [7, 11) is 0. The fourth-order valence-corrected chi connectivity index (χ4v) is 1.81. The number of nitro benzene ring substituents is 1. The Bertz CT molecular complexity index is 405. The summed E-state index contributed by atoms with van der Waals surface area (Å²) in [6, 6.07) is 4.43. The van der Waals surface area contributed by atoms with Crippen LogP contribution in [0.2, 0.25) is 5.02 Å². The second-order valence-electron chi connectivity index (χ2n) is 3.60. The van der Waals surface area contributed by atoms with Crippen molar-refractivity contribution in [2.75, 3.05) is 13.1 Å². The van der Waals surface area contributed by atoms with Gasteiger partial charge in [0.05, 0.1) is 4.92 Å². The van der Waals surface area contributed by atoms with E-state index < -0.39 is 4.92 Å². The van der Waals surface area contributed by atoms with E-state index in [4.69, 9.17) is 16.3 Å². The first kappa shape index (κ1) is 11.2. The maximum absolute atomic E-state index is 10.8. The molecule has 0 amide bonds. The van der Waals surface area contributed by atoms with E-state index in [-0.39, 0.29) is 17.5 Å². The zero-order valence-electron chi connectivity index (χ0n) is 8.48. The molecule has 1 aliphatic heterocycles. The highest BCUT2D eigenvalue weighted by Crippen LogP contribution is 2.31. The Morgan fingerprint density at radius 2 is 2.38 bits per heavy atom. The fraction of sp³-hybridized carbons (Fsp3) is 0.400. The van der Waals surface area contributed by atoms with Crippen molar-refractivity contribution in [2.24, 2.45) is 0 Å². The van der Waals surface area contributed by atoms with Gasteiger partial charge < -0.3 is 10.1 Å². The number of hydrogen-bond donors (Lipinski definition) is 1. The molecule has 1 heterocycles. The van der Waals surface area contributed by atoms with Gasteiger partial charge in [-0.3, -0.25) is 10.1 Å². The van der Waals surface area contributed by atoms with Gasteiger partial charge in [-0.1, -0.05) is 11.6 Å². The number of ether oxygens (including phenoxy) is 1. The Morgan fingerprint density at radius 3 is 3.00 bits per heavy atom. The van der Waals surface area contributed by atoms with Crippen LogP contribution in [0.25, 0.3) is 0 Å². The summed E-state index contributed by atoms with van der Waals surface area (Å²) >= 11 is 5.71. The predicted molar refractivity (Wildman–Crippen MR) is 60.0 cm³/mol. The quantitative estimate of drug-likeness (QED) is 0.650. The van der Waals surface area contributed by atoms with Gasteiger partial charge in [-0.2, -0.15) is 0 Å². The third-order valence-electron chi connectivity index (χ3n) is 2.43. The molecule has 1 aliphatic rings. The standard InChI is InChI=1S/C10H11ClN2O3/c11-7-1-2-10(9(5-7)13(14)15)16-8-3-4-12-6-8/h1-2,5,8,12H,3-4,6H2. The number of halogens is 1. The summed E-state index contributed by atoms with van der Waals surface area (Å²) < 4.78 is 5.56. The van der Waals surface area contributed by atoms with Crippen LogP contribution < -0.4 is 10.1 Å². The molecular formula is C10H11ClN2O3. The summed E-state index contributed by atoms with van der Waals surface area (Å²) in [6.45, 7) is 1.60. The number of rotatable bonds is 3. The van der Waals surface area contributed by atoms with Crippen LogP contribution in [0, 0.1) is 10.1 Å². The number of nitrogens with one attached hydrogen (secondary N) is 1. The monoisotopic (exact) mass is 242 g/mol. The highest BCUT2D eigenvalue weighted by atomic mass is 35.5. The van der Waals surface area contributed by atoms with Crippen LogP contribution in [0.4, 0.5) is 5.69 Å². The lowest BCUT2D eigenvalue weighted by molar-refractivity contribution is -0.386. The van der Waals surface area contributed by atoms with E-state index in [0.29, 0.717) is 5.02 Å². The molecule has 1 atom stereocenters. The molecule has 0 aromatic heterocycles. The Labute approximate surface area is 97.5 Å². The zero-order valence-corrected chi connectivity index (χ0v) is 9.24. The molecule has 0 aliphatic carbocycles. The van der Waals surface area contributed by atoms with Crippen molar-refractivity contribution in [2.45, 2.75) is 12.5 Å². The predicted octanol–water partition coefficient (Wildman–Crippen LogP) is 1.99. The third-order valence-corrected chi connectivity index (χ3v) is 2.66. The zero-order chi connectivity index (χ0) is 11.5. The molecule has 1 N–H and O–H groups in total. The van der Waals surface area contributed by atoms with Gasteiger partial charge in [0.15, 0.2) is 5.75 Å². The van der Waals surface area contributed by atoms with E-state index in [1.165, 1.54) is 6.07 Å². The minimum absolute atomic E-state index is 0.000115. The summed E-state index contributed by atoms with van der Waals surface area (Å²) in [5.41, 5.74) is -0.0839. The van der Waals surface area contributed by atoms with Crippen LogP contribution in [-0.4, -0.2) is 24.1 Å². The van der Waals surface area contributed by atoms with Gasteiger partial charge in [0.1, 0.15) is 6.10 Å². The van der Waals surface area contributed by atoms with Crippen molar-refractivity contribution < 1.29 is 9.66 Å². The topological polar surface area (TPSA) is 64.4 Å². The molecule has 5 nitrogen and oxygen atoms in total. The Hall–Kier alpha value is -1.33. The van der Waals surface area contributed by atoms with E-state index in [1.54, 1.807) is 12.1 Å². The normalized spacial score (nSPS) is 19.7. The molecule has 1 aromatic rings. The first-order valence-electron chi connectivity index (χ1n) is 4.98. The second-order valence-corrected chi connectivity index (χ2v) is 4.04. The van der Waals surface area contributed by atoms with E-state index in [0.717, 1.165) is 19.5 Å². The fourth-order valence-electron chi connectivity index (χ4n) is 1.64. The van der Waals surface area contributed by atoms with Crippen LogP contribution in [0.5, 0.6) is 5.75 Å². The van der Waals surface area contributed by atoms with Gasteiger partial charge in [-0.15, -0.1) is 0 Å². The molecular weight excluding hydrogens is 232 g/mol. The van der Waals surface area contributed by atoms with Crippen molar-refractivity contribution in [1.29, 1.82) is 0 Å². The number of nitrogens with zero attached hydrogens (tertiary/aromatic N) is 1. The lowest BCUT2D eigenvalue weighted by Crippen LogP contribution is -2.20. The third kappa shape index (κ3) is 2.43. The molecule has 0 spiro atoms. The van der Waals surface area contributed by atoms with Crippen molar-refractivity contribution in [1.82, 2.24) is 5.32 Å². The van der Waals surface area contributed by atoms with Gasteiger partial charge in [0, 0.05) is 17.6 Å². The van der Waals surface area contributed by atoms with Crippen molar-refractivity contribution in [3.8, 4) is 5.75 Å². The molecule has 1 aromatic carbocycles. The highest BCUT2D eigenvalue weighted by molar-refractivity contribution is 6.30. The molecule has 0 saturated carbocycles. The maximum Gasteiger partial charge on any atom is 0.312 e.